The Labute approximate surface area is 88.5 Å². The average Bonchev–Trinajstić information content (AvgIpc) is 2.18. The molecule has 0 bridgehead atoms. The second kappa shape index (κ2) is 4.25. The molecular formula is C11H16BrN. The molecule has 0 saturated heterocycles. The maximum Gasteiger partial charge on any atom is 0.0175 e. The minimum absolute atomic E-state index is 0.126. The summed E-state index contributed by atoms with van der Waals surface area (Å²) in [6.07, 6.45) is 1.07. The second-order valence-corrected chi connectivity index (χ2v) is 4.54. The van der Waals surface area contributed by atoms with E-state index in [9.17, 15) is 0 Å². The van der Waals surface area contributed by atoms with Crippen molar-refractivity contribution in [3.63, 3.8) is 0 Å². The van der Waals surface area contributed by atoms with Crippen molar-refractivity contribution in [3.8, 4) is 0 Å². The molecule has 0 fully saturated rings. The van der Waals surface area contributed by atoms with Gasteiger partial charge in [-0.2, -0.15) is 0 Å². The molecule has 1 nitrogen and oxygen atoms in total. The highest BCUT2D eigenvalue weighted by atomic mass is 79.9. The Kier molecular flexibility index (Phi) is 3.51. The molecule has 0 aromatic heterocycles. The van der Waals surface area contributed by atoms with Gasteiger partial charge in [-0.15, -0.1) is 0 Å². The summed E-state index contributed by atoms with van der Waals surface area (Å²) in [5.74, 6) is 0. The maximum atomic E-state index is 5.78. The van der Waals surface area contributed by atoms with E-state index >= 15 is 0 Å². The van der Waals surface area contributed by atoms with Gasteiger partial charge in [0.2, 0.25) is 0 Å². The molecule has 0 aliphatic rings. The predicted molar refractivity (Wildman–Crippen MR) is 60.8 cm³/mol. The number of hydrogen-bond donors (Lipinski definition) is 1. The van der Waals surface area contributed by atoms with Gasteiger partial charge < -0.3 is 5.73 Å². The highest BCUT2D eigenvalue weighted by molar-refractivity contribution is 9.10. The Morgan fingerprint density at radius 3 is 2.23 bits per heavy atom. The van der Waals surface area contributed by atoms with Gasteiger partial charge in [-0.05, 0) is 24.1 Å². The summed E-state index contributed by atoms with van der Waals surface area (Å²) in [5, 5.41) is 0. The minimum atomic E-state index is 0.126. The summed E-state index contributed by atoms with van der Waals surface area (Å²) in [4.78, 5) is 0. The lowest BCUT2D eigenvalue weighted by molar-refractivity contribution is 0.467. The van der Waals surface area contributed by atoms with Gasteiger partial charge in [0.15, 0.2) is 0 Å². The van der Waals surface area contributed by atoms with Crippen LogP contribution in [0.4, 0.5) is 0 Å². The zero-order valence-electron chi connectivity index (χ0n) is 8.18. The monoisotopic (exact) mass is 241 g/mol. The van der Waals surface area contributed by atoms with Crippen molar-refractivity contribution in [2.45, 2.75) is 25.7 Å². The largest absolute Gasteiger partial charge is 0.330 e. The van der Waals surface area contributed by atoms with Crippen LogP contribution in [0.25, 0.3) is 0 Å². The third-order valence-corrected chi connectivity index (χ3v) is 3.30. The van der Waals surface area contributed by atoms with Crippen LogP contribution in [0.15, 0.2) is 28.7 Å². The van der Waals surface area contributed by atoms with Crippen molar-refractivity contribution in [1.29, 1.82) is 0 Å². The lowest BCUT2D eigenvalue weighted by Gasteiger charge is -2.26. The maximum absolute atomic E-state index is 5.78. The van der Waals surface area contributed by atoms with E-state index in [0.717, 1.165) is 10.9 Å². The molecule has 0 aliphatic heterocycles. The number of hydrogen-bond acceptors (Lipinski definition) is 1. The molecule has 2 heteroatoms. The first-order chi connectivity index (χ1) is 6.12. The molecule has 72 valence electrons. The Balaban J connectivity index is 2.99. The van der Waals surface area contributed by atoms with Crippen LogP contribution in [0, 0.1) is 0 Å². The van der Waals surface area contributed by atoms with E-state index in [4.69, 9.17) is 5.73 Å². The predicted octanol–water partition coefficient (Wildman–Crippen LogP) is 3.08. The van der Waals surface area contributed by atoms with E-state index < -0.39 is 0 Å². The van der Waals surface area contributed by atoms with Crippen LogP contribution < -0.4 is 5.73 Å². The smallest absolute Gasteiger partial charge is 0.0175 e. The molecule has 0 spiro atoms. The van der Waals surface area contributed by atoms with Crippen molar-refractivity contribution in [2.75, 3.05) is 6.54 Å². The number of rotatable bonds is 3. The van der Waals surface area contributed by atoms with E-state index in [1.165, 1.54) is 5.56 Å². The lowest BCUT2D eigenvalue weighted by Crippen LogP contribution is -2.30. The van der Waals surface area contributed by atoms with Crippen LogP contribution >= 0.6 is 15.9 Å². The van der Waals surface area contributed by atoms with Crippen LogP contribution in [0.5, 0.6) is 0 Å². The van der Waals surface area contributed by atoms with Crippen molar-refractivity contribution in [2.24, 2.45) is 5.73 Å². The second-order valence-electron chi connectivity index (χ2n) is 3.63. The molecule has 1 rings (SSSR count). The van der Waals surface area contributed by atoms with Gasteiger partial charge >= 0.3 is 0 Å². The van der Waals surface area contributed by atoms with E-state index in [-0.39, 0.29) is 5.41 Å². The van der Waals surface area contributed by atoms with Gasteiger partial charge in [-0.1, -0.05) is 41.9 Å². The topological polar surface area (TPSA) is 26.0 Å². The zero-order valence-corrected chi connectivity index (χ0v) is 9.76. The standard InChI is InChI=1S/C11H16BrN/c1-3-11(2,8-13)9-4-6-10(12)7-5-9/h4-7H,3,8,13H2,1-2H3. The van der Waals surface area contributed by atoms with Crippen molar-refractivity contribution >= 4 is 15.9 Å². The van der Waals surface area contributed by atoms with Crippen LogP contribution in [-0.2, 0) is 5.41 Å². The highest BCUT2D eigenvalue weighted by Crippen LogP contribution is 2.27. The average molecular weight is 242 g/mol. The van der Waals surface area contributed by atoms with Crippen LogP contribution in [0.2, 0.25) is 0 Å². The molecule has 0 saturated carbocycles. The van der Waals surface area contributed by atoms with Gasteiger partial charge in [-0.3, -0.25) is 0 Å². The van der Waals surface area contributed by atoms with Crippen molar-refractivity contribution < 1.29 is 0 Å². The Hall–Kier alpha value is -0.340. The van der Waals surface area contributed by atoms with Crippen molar-refractivity contribution in [1.82, 2.24) is 0 Å². The van der Waals surface area contributed by atoms with E-state index in [2.05, 4.69) is 54.0 Å². The molecular weight excluding hydrogens is 226 g/mol. The SMILES string of the molecule is CCC(C)(CN)c1ccc(Br)cc1. The van der Waals surface area contributed by atoms with E-state index in [1.807, 2.05) is 0 Å². The summed E-state index contributed by atoms with van der Waals surface area (Å²) in [5.41, 5.74) is 7.22. The van der Waals surface area contributed by atoms with Crippen LogP contribution in [0.3, 0.4) is 0 Å². The Morgan fingerprint density at radius 1 is 1.31 bits per heavy atom. The third kappa shape index (κ3) is 2.32. The third-order valence-electron chi connectivity index (χ3n) is 2.77. The number of benzene rings is 1. The first-order valence-electron chi connectivity index (χ1n) is 4.58. The highest BCUT2D eigenvalue weighted by Gasteiger charge is 2.21. The Morgan fingerprint density at radius 2 is 1.85 bits per heavy atom. The first-order valence-corrected chi connectivity index (χ1v) is 5.38. The summed E-state index contributed by atoms with van der Waals surface area (Å²) in [7, 11) is 0. The van der Waals surface area contributed by atoms with Gasteiger partial charge in [0.05, 0.1) is 0 Å². The Bertz CT molecular complexity index is 262. The fraction of sp³-hybridized carbons (Fsp3) is 0.455. The van der Waals surface area contributed by atoms with E-state index in [0.29, 0.717) is 6.54 Å². The zero-order chi connectivity index (χ0) is 9.90. The van der Waals surface area contributed by atoms with Gasteiger partial charge in [0.1, 0.15) is 0 Å². The molecule has 0 heterocycles. The molecule has 0 aliphatic carbocycles. The van der Waals surface area contributed by atoms with Crippen molar-refractivity contribution in [3.05, 3.63) is 34.3 Å². The summed E-state index contributed by atoms with van der Waals surface area (Å²) >= 11 is 3.42. The normalized spacial score (nSPS) is 15.4. The fourth-order valence-corrected chi connectivity index (χ4v) is 1.58. The molecule has 1 aromatic rings. The van der Waals surface area contributed by atoms with Crippen LogP contribution in [0.1, 0.15) is 25.8 Å². The molecule has 13 heavy (non-hydrogen) atoms. The quantitative estimate of drug-likeness (QED) is 0.866. The number of halogens is 1. The molecule has 0 radical (unpaired) electrons. The molecule has 1 atom stereocenters. The van der Waals surface area contributed by atoms with Gasteiger partial charge in [-0.25, -0.2) is 0 Å². The molecule has 0 amide bonds. The summed E-state index contributed by atoms with van der Waals surface area (Å²) in [6, 6.07) is 8.42. The number of nitrogens with two attached hydrogens (primary N) is 1. The summed E-state index contributed by atoms with van der Waals surface area (Å²) < 4.78 is 1.12. The molecule has 1 aromatic carbocycles. The van der Waals surface area contributed by atoms with Crippen LogP contribution in [-0.4, -0.2) is 6.54 Å². The molecule has 1 unspecified atom stereocenters. The fourth-order valence-electron chi connectivity index (χ4n) is 1.32. The summed E-state index contributed by atoms with van der Waals surface area (Å²) in [6.45, 7) is 5.08. The van der Waals surface area contributed by atoms with Gasteiger partial charge in [0.25, 0.3) is 0 Å². The first kappa shape index (κ1) is 10.7. The minimum Gasteiger partial charge on any atom is -0.330 e. The van der Waals surface area contributed by atoms with Gasteiger partial charge in [0, 0.05) is 16.4 Å². The molecule has 2 N–H and O–H groups in total. The lowest BCUT2D eigenvalue weighted by atomic mass is 9.80. The van der Waals surface area contributed by atoms with E-state index in [1.54, 1.807) is 0 Å².